The topological polar surface area (TPSA) is 46.5 Å². The van der Waals surface area contributed by atoms with Crippen molar-refractivity contribution in [3.8, 4) is 5.75 Å². The van der Waals surface area contributed by atoms with Crippen LogP contribution in [0.25, 0.3) is 0 Å². The van der Waals surface area contributed by atoms with Gasteiger partial charge in [-0.15, -0.1) is 0 Å². The van der Waals surface area contributed by atoms with Gasteiger partial charge in [0.05, 0.1) is 6.61 Å². The van der Waals surface area contributed by atoms with Crippen LogP contribution >= 0.6 is 22.6 Å². The first kappa shape index (κ1) is 13.3. The molecule has 1 N–H and O–H groups in total. The van der Waals surface area contributed by atoms with Crippen molar-refractivity contribution in [2.75, 3.05) is 6.61 Å². The van der Waals surface area contributed by atoms with Crippen LogP contribution in [0, 0.1) is 9.49 Å². The maximum absolute atomic E-state index is 10.9. The highest BCUT2D eigenvalue weighted by atomic mass is 127. The van der Waals surface area contributed by atoms with Gasteiger partial charge in [0.15, 0.2) is 0 Å². The molecule has 0 saturated heterocycles. The molecule has 0 atom stereocenters. The fraction of sp³-hybridized carbons (Fsp3) is 0.417. The van der Waals surface area contributed by atoms with Crippen LogP contribution in [0.5, 0.6) is 5.75 Å². The van der Waals surface area contributed by atoms with E-state index >= 15 is 0 Å². The highest BCUT2D eigenvalue weighted by Gasteiger charge is 2.11. The van der Waals surface area contributed by atoms with Gasteiger partial charge in [0, 0.05) is 3.57 Å². The third-order valence-corrected chi connectivity index (χ3v) is 2.80. The molecule has 4 heteroatoms. The van der Waals surface area contributed by atoms with Crippen LogP contribution in [0.1, 0.15) is 30.6 Å². The summed E-state index contributed by atoms with van der Waals surface area (Å²) in [7, 11) is 0. The van der Waals surface area contributed by atoms with Crippen molar-refractivity contribution in [3.05, 3.63) is 27.3 Å². The number of hydrogen-bond donors (Lipinski definition) is 1. The summed E-state index contributed by atoms with van der Waals surface area (Å²) < 4.78 is 6.48. The zero-order valence-corrected chi connectivity index (χ0v) is 11.5. The van der Waals surface area contributed by atoms with E-state index in [9.17, 15) is 4.79 Å². The smallest absolute Gasteiger partial charge is 0.339 e. The van der Waals surface area contributed by atoms with E-state index in [1.54, 1.807) is 18.2 Å². The number of hydrogen-bond acceptors (Lipinski definition) is 2. The zero-order valence-electron chi connectivity index (χ0n) is 9.37. The molecule has 1 rings (SSSR count). The quantitative estimate of drug-likeness (QED) is 0.840. The van der Waals surface area contributed by atoms with Crippen LogP contribution in [0.4, 0.5) is 0 Å². The molecule has 0 heterocycles. The molecular formula is C12H15IO3. The molecule has 88 valence electrons. The maximum Gasteiger partial charge on any atom is 0.339 e. The number of benzene rings is 1. The van der Waals surface area contributed by atoms with Crippen molar-refractivity contribution in [1.82, 2.24) is 0 Å². The lowest BCUT2D eigenvalue weighted by Crippen LogP contribution is -2.06. The molecule has 0 aliphatic carbocycles. The van der Waals surface area contributed by atoms with Crippen molar-refractivity contribution in [2.24, 2.45) is 5.92 Å². The molecule has 0 saturated carbocycles. The molecule has 0 amide bonds. The highest BCUT2D eigenvalue weighted by molar-refractivity contribution is 14.1. The summed E-state index contributed by atoms with van der Waals surface area (Å²) in [5.74, 6) is 0.0621. The Labute approximate surface area is 109 Å². The predicted molar refractivity (Wildman–Crippen MR) is 71.1 cm³/mol. The van der Waals surface area contributed by atoms with Crippen LogP contribution in [-0.2, 0) is 0 Å². The molecule has 0 spiro atoms. The summed E-state index contributed by atoms with van der Waals surface area (Å²) in [4.78, 5) is 10.9. The van der Waals surface area contributed by atoms with E-state index in [1.807, 2.05) is 0 Å². The Morgan fingerprint density at radius 2 is 2.19 bits per heavy atom. The summed E-state index contributed by atoms with van der Waals surface area (Å²) >= 11 is 2.14. The standard InChI is InChI=1S/C12H15IO3/c1-8(2)5-6-16-11-7-9(13)3-4-10(11)12(14)15/h3-4,7-8H,5-6H2,1-2H3,(H,14,15). The largest absolute Gasteiger partial charge is 0.493 e. The maximum atomic E-state index is 10.9. The van der Waals surface area contributed by atoms with E-state index in [4.69, 9.17) is 9.84 Å². The summed E-state index contributed by atoms with van der Waals surface area (Å²) in [6.07, 6.45) is 0.921. The number of rotatable bonds is 5. The number of carboxylic acid groups (broad SMARTS) is 1. The average Bonchev–Trinajstić information content (AvgIpc) is 2.16. The first-order valence-electron chi connectivity index (χ1n) is 5.16. The molecular weight excluding hydrogens is 319 g/mol. The molecule has 0 fully saturated rings. The summed E-state index contributed by atoms with van der Waals surface area (Å²) in [5, 5.41) is 8.98. The number of carboxylic acids is 1. The van der Waals surface area contributed by atoms with Gasteiger partial charge in [-0.05, 0) is 53.1 Å². The van der Waals surface area contributed by atoms with Gasteiger partial charge in [-0.25, -0.2) is 4.79 Å². The monoisotopic (exact) mass is 334 g/mol. The molecule has 3 nitrogen and oxygen atoms in total. The van der Waals surface area contributed by atoms with Crippen LogP contribution in [0.2, 0.25) is 0 Å². The van der Waals surface area contributed by atoms with E-state index in [2.05, 4.69) is 36.4 Å². The second-order valence-electron chi connectivity index (χ2n) is 3.98. The van der Waals surface area contributed by atoms with E-state index in [1.165, 1.54) is 0 Å². The van der Waals surface area contributed by atoms with E-state index < -0.39 is 5.97 Å². The first-order chi connectivity index (χ1) is 7.50. The second-order valence-corrected chi connectivity index (χ2v) is 5.22. The third kappa shape index (κ3) is 4.00. The summed E-state index contributed by atoms with van der Waals surface area (Å²) in [5.41, 5.74) is 0.226. The minimum atomic E-state index is -0.948. The number of aromatic carboxylic acids is 1. The molecule has 0 bridgehead atoms. The fourth-order valence-electron chi connectivity index (χ4n) is 1.20. The molecule has 0 aliphatic heterocycles. The van der Waals surface area contributed by atoms with Gasteiger partial charge in [0.25, 0.3) is 0 Å². The van der Waals surface area contributed by atoms with E-state index in [-0.39, 0.29) is 5.56 Å². The van der Waals surface area contributed by atoms with Crippen molar-refractivity contribution < 1.29 is 14.6 Å². The molecule has 0 aliphatic rings. The van der Waals surface area contributed by atoms with E-state index in [0.29, 0.717) is 18.3 Å². The van der Waals surface area contributed by atoms with Crippen LogP contribution in [0.15, 0.2) is 18.2 Å². The Morgan fingerprint density at radius 1 is 1.50 bits per heavy atom. The molecule has 0 radical (unpaired) electrons. The lowest BCUT2D eigenvalue weighted by Gasteiger charge is -2.10. The van der Waals surface area contributed by atoms with Crippen LogP contribution in [0.3, 0.4) is 0 Å². The molecule has 1 aromatic carbocycles. The average molecular weight is 334 g/mol. The van der Waals surface area contributed by atoms with E-state index in [0.717, 1.165) is 9.99 Å². The second kappa shape index (κ2) is 6.08. The molecule has 1 aromatic rings. The van der Waals surface area contributed by atoms with Crippen molar-refractivity contribution >= 4 is 28.6 Å². The summed E-state index contributed by atoms with van der Waals surface area (Å²) in [6, 6.07) is 5.10. The fourth-order valence-corrected chi connectivity index (χ4v) is 1.66. The highest BCUT2D eigenvalue weighted by Crippen LogP contribution is 2.22. The Balaban J connectivity index is 2.76. The van der Waals surface area contributed by atoms with Gasteiger partial charge < -0.3 is 9.84 Å². The third-order valence-electron chi connectivity index (χ3n) is 2.13. The zero-order chi connectivity index (χ0) is 12.1. The number of ether oxygens (including phenoxy) is 1. The van der Waals surface area contributed by atoms with Crippen molar-refractivity contribution in [3.63, 3.8) is 0 Å². The van der Waals surface area contributed by atoms with Crippen molar-refractivity contribution in [2.45, 2.75) is 20.3 Å². The predicted octanol–water partition coefficient (Wildman–Crippen LogP) is 3.41. The van der Waals surface area contributed by atoms with Crippen LogP contribution in [-0.4, -0.2) is 17.7 Å². The summed E-state index contributed by atoms with van der Waals surface area (Å²) in [6.45, 7) is 4.77. The minimum absolute atomic E-state index is 0.226. The molecule has 0 unspecified atom stereocenters. The lowest BCUT2D eigenvalue weighted by molar-refractivity contribution is 0.0692. The van der Waals surface area contributed by atoms with Gasteiger partial charge >= 0.3 is 5.97 Å². The van der Waals surface area contributed by atoms with Gasteiger partial charge in [-0.2, -0.15) is 0 Å². The lowest BCUT2D eigenvalue weighted by atomic mass is 10.1. The van der Waals surface area contributed by atoms with Crippen molar-refractivity contribution in [1.29, 1.82) is 0 Å². The van der Waals surface area contributed by atoms with Gasteiger partial charge in [-0.1, -0.05) is 13.8 Å². The SMILES string of the molecule is CC(C)CCOc1cc(I)ccc1C(=O)O. The Bertz CT molecular complexity index is 375. The van der Waals surface area contributed by atoms with Gasteiger partial charge in [0.1, 0.15) is 11.3 Å². The minimum Gasteiger partial charge on any atom is -0.493 e. The first-order valence-corrected chi connectivity index (χ1v) is 6.24. The molecule has 16 heavy (non-hydrogen) atoms. The Kier molecular flexibility index (Phi) is 5.05. The number of halogens is 1. The Hall–Kier alpha value is -0.780. The van der Waals surface area contributed by atoms with Crippen LogP contribution < -0.4 is 4.74 Å². The van der Waals surface area contributed by atoms with Gasteiger partial charge in [-0.3, -0.25) is 0 Å². The molecule has 0 aromatic heterocycles. The normalized spacial score (nSPS) is 10.5. The van der Waals surface area contributed by atoms with Gasteiger partial charge in [0.2, 0.25) is 0 Å². The Morgan fingerprint density at radius 3 is 2.75 bits per heavy atom. The number of carbonyl (C=O) groups is 1.